The van der Waals surface area contributed by atoms with Gasteiger partial charge in [-0.25, -0.2) is 4.98 Å². The monoisotopic (exact) mass is 295 g/mol. The molecule has 0 aliphatic heterocycles. The van der Waals surface area contributed by atoms with E-state index in [4.69, 9.17) is 16.3 Å². The molecule has 0 saturated heterocycles. The molecule has 0 unspecified atom stereocenters. The molecule has 0 saturated carbocycles. The number of nitrogens with zero attached hydrogens (tertiary/aromatic N) is 1. The lowest BCUT2D eigenvalue weighted by Crippen LogP contribution is -2.13. The number of benzene rings is 1. The van der Waals surface area contributed by atoms with Crippen molar-refractivity contribution in [1.29, 1.82) is 0 Å². The van der Waals surface area contributed by atoms with Gasteiger partial charge in [0.25, 0.3) is 0 Å². The first-order chi connectivity index (χ1) is 8.86. The zero-order valence-corrected chi connectivity index (χ0v) is 13.2. The largest absolute Gasteiger partial charge is 0.488 e. The molecular formula is C15H18ClNOS. The number of aryl methyl sites for hydroxylation is 1. The number of ether oxygens (including phenoxy) is 1. The SMILES string of the molecule is Cc1ccc(OCc2cnc(Cl)s2)c(C(C)(C)C)c1. The first-order valence-corrected chi connectivity index (χ1v) is 7.40. The van der Waals surface area contributed by atoms with E-state index >= 15 is 0 Å². The molecule has 0 spiro atoms. The Morgan fingerprint density at radius 3 is 2.63 bits per heavy atom. The Kier molecular flexibility index (Phi) is 4.16. The standard InChI is InChI=1S/C15H18ClNOS/c1-10-5-6-13(12(7-10)15(2,3)4)18-9-11-8-17-14(16)19-11/h5-8H,9H2,1-4H3. The molecule has 1 heterocycles. The molecule has 2 nitrogen and oxygen atoms in total. The second-order valence-electron chi connectivity index (χ2n) is 5.62. The van der Waals surface area contributed by atoms with Crippen LogP contribution in [0.1, 0.15) is 36.8 Å². The van der Waals surface area contributed by atoms with Gasteiger partial charge in [0.1, 0.15) is 12.4 Å². The Morgan fingerprint density at radius 2 is 2.05 bits per heavy atom. The van der Waals surface area contributed by atoms with Crippen molar-refractivity contribution in [3.63, 3.8) is 0 Å². The first kappa shape index (κ1) is 14.4. The van der Waals surface area contributed by atoms with Gasteiger partial charge in [-0.1, -0.05) is 50.1 Å². The summed E-state index contributed by atoms with van der Waals surface area (Å²) in [6.07, 6.45) is 1.76. The smallest absolute Gasteiger partial charge is 0.183 e. The molecule has 0 N–H and O–H groups in total. The van der Waals surface area contributed by atoms with Gasteiger partial charge in [0.05, 0.1) is 4.88 Å². The molecule has 102 valence electrons. The van der Waals surface area contributed by atoms with Gasteiger partial charge in [0, 0.05) is 6.20 Å². The number of hydrogen-bond donors (Lipinski definition) is 0. The minimum Gasteiger partial charge on any atom is -0.488 e. The molecule has 4 heteroatoms. The van der Waals surface area contributed by atoms with E-state index < -0.39 is 0 Å². The zero-order valence-electron chi connectivity index (χ0n) is 11.7. The molecule has 0 aliphatic carbocycles. The van der Waals surface area contributed by atoms with Crippen LogP contribution >= 0.6 is 22.9 Å². The number of halogens is 1. The maximum Gasteiger partial charge on any atom is 0.183 e. The third kappa shape index (κ3) is 3.71. The summed E-state index contributed by atoms with van der Waals surface area (Å²) in [6.45, 7) is 9.19. The first-order valence-electron chi connectivity index (χ1n) is 6.20. The molecule has 1 aromatic heterocycles. The van der Waals surface area contributed by atoms with E-state index in [2.05, 4.69) is 44.8 Å². The second-order valence-corrected chi connectivity index (χ2v) is 7.32. The van der Waals surface area contributed by atoms with Gasteiger partial charge < -0.3 is 4.74 Å². The molecule has 0 amide bonds. The van der Waals surface area contributed by atoms with Crippen molar-refractivity contribution >= 4 is 22.9 Å². The van der Waals surface area contributed by atoms with E-state index in [0.717, 1.165) is 10.6 Å². The van der Waals surface area contributed by atoms with E-state index in [1.165, 1.54) is 22.5 Å². The van der Waals surface area contributed by atoms with Gasteiger partial charge in [-0.3, -0.25) is 0 Å². The Labute approximate surface area is 123 Å². The van der Waals surface area contributed by atoms with Crippen LogP contribution in [0.25, 0.3) is 0 Å². The molecule has 0 radical (unpaired) electrons. The highest BCUT2D eigenvalue weighted by Crippen LogP contribution is 2.33. The fraction of sp³-hybridized carbons (Fsp3) is 0.400. The summed E-state index contributed by atoms with van der Waals surface area (Å²) in [5, 5.41) is 0. The van der Waals surface area contributed by atoms with Crippen LogP contribution in [0.15, 0.2) is 24.4 Å². The summed E-state index contributed by atoms with van der Waals surface area (Å²) in [6, 6.07) is 6.30. The Balaban J connectivity index is 2.20. The van der Waals surface area contributed by atoms with E-state index in [9.17, 15) is 0 Å². The van der Waals surface area contributed by atoms with Crippen molar-refractivity contribution in [3.8, 4) is 5.75 Å². The highest BCUT2D eigenvalue weighted by Gasteiger charge is 2.19. The van der Waals surface area contributed by atoms with Crippen molar-refractivity contribution in [3.05, 3.63) is 44.9 Å². The highest BCUT2D eigenvalue weighted by atomic mass is 35.5. The summed E-state index contributed by atoms with van der Waals surface area (Å²) >= 11 is 7.27. The van der Waals surface area contributed by atoms with Crippen molar-refractivity contribution in [2.45, 2.75) is 39.7 Å². The van der Waals surface area contributed by atoms with Crippen LogP contribution in [0.3, 0.4) is 0 Å². The van der Waals surface area contributed by atoms with Gasteiger partial charge in [0.15, 0.2) is 4.47 Å². The normalized spacial score (nSPS) is 11.6. The van der Waals surface area contributed by atoms with Crippen molar-refractivity contribution in [2.24, 2.45) is 0 Å². The maximum absolute atomic E-state index is 5.93. The zero-order chi connectivity index (χ0) is 14.0. The molecule has 2 aromatic rings. The van der Waals surface area contributed by atoms with Gasteiger partial charge in [-0.15, -0.1) is 11.3 Å². The molecule has 0 atom stereocenters. The van der Waals surface area contributed by atoms with Crippen LogP contribution in [0.4, 0.5) is 0 Å². The van der Waals surface area contributed by atoms with Gasteiger partial charge in [0.2, 0.25) is 0 Å². The summed E-state index contributed by atoms with van der Waals surface area (Å²) in [5.74, 6) is 0.933. The highest BCUT2D eigenvalue weighted by molar-refractivity contribution is 7.15. The van der Waals surface area contributed by atoms with Crippen molar-refractivity contribution < 1.29 is 4.74 Å². The Morgan fingerprint density at radius 1 is 1.32 bits per heavy atom. The number of thiazole rings is 1. The number of rotatable bonds is 3. The van der Waals surface area contributed by atoms with E-state index in [1.54, 1.807) is 6.20 Å². The van der Waals surface area contributed by atoms with Crippen LogP contribution in [0.5, 0.6) is 5.75 Å². The fourth-order valence-electron chi connectivity index (χ4n) is 1.86. The minimum atomic E-state index is 0.0622. The molecule has 2 rings (SSSR count). The van der Waals surface area contributed by atoms with E-state index in [1.807, 2.05) is 6.07 Å². The molecular weight excluding hydrogens is 278 g/mol. The summed E-state index contributed by atoms with van der Waals surface area (Å²) in [7, 11) is 0. The summed E-state index contributed by atoms with van der Waals surface area (Å²) < 4.78 is 6.48. The average molecular weight is 296 g/mol. The third-order valence-electron chi connectivity index (χ3n) is 2.84. The second kappa shape index (κ2) is 5.51. The summed E-state index contributed by atoms with van der Waals surface area (Å²) in [5.41, 5.74) is 2.54. The lowest BCUT2D eigenvalue weighted by Gasteiger charge is -2.23. The quantitative estimate of drug-likeness (QED) is 0.796. The van der Waals surface area contributed by atoms with Crippen LogP contribution in [0, 0.1) is 6.92 Å². The molecule has 0 fully saturated rings. The molecule has 0 bridgehead atoms. The summed E-state index contributed by atoms with van der Waals surface area (Å²) in [4.78, 5) is 5.05. The topological polar surface area (TPSA) is 22.1 Å². The number of aromatic nitrogens is 1. The lowest BCUT2D eigenvalue weighted by atomic mass is 9.85. The molecule has 19 heavy (non-hydrogen) atoms. The Hall–Kier alpha value is -1.06. The van der Waals surface area contributed by atoms with Gasteiger partial charge >= 0.3 is 0 Å². The van der Waals surface area contributed by atoms with Crippen LogP contribution in [-0.4, -0.2) is 4.98 Å². The predicted molar refractivity (Wildman–Crippen MR) is 81.3 cm³/mol. The van der Waals surface area contributed by atoms with Gasteiger partial charge in [-0.2, -0.15) is 0 Å². The van der Waals surface area contributed by atoms with Crippen LogP contribution < -0.4 is 4.74 Å². The van der Waals surface area contributed by atoms with Crippen molar-refractivity contribution in [2.75, 3.05) is 0 Å². The number of hydrogen-bond acceptors (Lipinski definition) is 3. The average Bonchev–Trinajstić information content (AvgIpc) is 2.72. The minimum absolute atomic E-state index is 0.0622. The fourth-order valence-corrected chi connectivity index (χ4v) is 2.75. The van der Waals surface area contributed by atoms with Gasteiger partial charge in [-0.05, 0) is 24.0 Å². The van der Waals surface area contributed by atoms with Crippen LogP contribution in [-0.2, 0) is 12.0 Å². The van der Waals surface area contributed by atoms with E-state index in [-0.39, 0.29) is 5.41 Å². The van der Waals surface area contributed by atoms with Crippen molar-refractivity contribution in [1.82, 2.24) is 4.98 Å². The maximum atomic E-state index is 5.93. The third-order valence-corrected chi connectivity index (χ3v) is 3.93. The molecule has 1 aromatic carbocycles. The Bertz CT molecular complexity index is 572. The molecule has 0 aliphatic rings. The van der Waals surface area contributed by atoms with Crippen LogP contribution in [0.2, 0.25) is 4.47 Å². The van der Waals surface area contributed by atoms with E-state index in [0.29, 0.717) is 11.1 Å². The lowest BCUT2D eigenvalue weighted by molar-refractivity contribution is 0.300. The predicted octanol–water partition coefficient (Wildman–Crippen LogP) is 4.98.